The lowest BCUT2D eigenvalue weighted by Crippen LogP contribution is -2.42. The van der Waals surface area contributed by atoms with Gasteiger partial charge in [-0.25, -0.2) is 4.79 Å². The molecule has 0 heterocycles. The monoisotopic (exact) mass is 476 g/mol. The largest absolute Gasteiger partial charge is 0.490 e. The lowest BCUT2D eigenvalue weighted by atomic mass is 10.0. The van der Waals surface area contributed by atoms with Gasteiger partial charge in [0.05, 0.1) is 5.56 Å². The second kappa shape index (κ2) is 10.6. The molecular formula is C22H22F6N2O3. The van der Waals surface area contributed by atoms with E-state index in [4.69, 9.17) is 0 Å². The maximum absolute atomic E-state index is 12.7. The van der Waals surface area contributed by atoms with Crippen LogP contribution in [0.15, 0.2) is 54.6 Å². The van der Waals surface area contributed by atoms with Crippen LogP contribution in [0, 0.1) is 5.92 Å². The van der Waals surface area contributed by atoms with E-state index in [-0.39, 0.29) is 18.0 Å². The van der Waals surface area contributed by atoms with Crippen LogP contribution in [0.25, 0.3) is 0 Å². The molecule has 0 aliphatic rings. The fourth-order valence-electron chi connectivity index (χ4n) is 2.80. The Labute approximate surface area is 186 Å². The molecule has 1 amide bonds. The van der Waals surface area contributed by atoms with Gasteiger partial charge >= 0.3 is 18.3 Å². The Bertz CT molecular complexity index is 928. The van der Waals surface area contributed by atoms with Gasteiger partial charge in [0.1, 0.15) is 0 Å². The molecule has 0 bridgehead atoms. The number of hydrogen-bond donors (Lipinski definition) is 2. The third kappa shape index (κ3) is 7.69. The first-order chi connectivity index (χ1) is 15.3. The van der Waals surface area contributed by atoms with E-state index >= 15 is 0 Å². The fraction of sp³-hybridized carbons (Fsp3) is 0.364. The van der Waals surface area contributed by atoms with E-state index in [1.807, 2.05) is 0 Å². The van der Waals surface area contributed by atoms with Crippen molar-refractivity contribution in [3.05, 3.63) is 65.7 Å². The number of anilines is 1. The Kier molecular flexibility index (Phi) is 8.34. The summed E-state index contributed by atoms with van der Waals surface area (Å²) in [6, 6.07) is 11.0. The topological polar surface area (TPSA) is 67.4 Å². The molecule has 0 aliphatic heterocycles. The first-order valence-electron chi connectivity index (χ1n) is 9.83. The van der Waals surface area contributed by atoms with Crippen molar-refractivity contribution in [2.75, 3.05) is 11.9 Å². The molecular weight excluding hydrogens is 454 g/mol. The first-order valence-corrected chi connectivity index (χ1v) is 9.83. The minimum Gasteiger partial charge on any atom is -0.441 e. The molecule has 0 spiro atoms. The number of carbonyl (C=O) groups is 2. The molecule has 2 atom stereocenters. The maximum atomic E-state index is 12.7. The number of benzene rings is 2. The van der Waals surface area contributed by atoms with Crippen molar-refractivity contribution in [2.45, 2.75) is 38.3 Å². The molecule has 5 nitrogen and oxygen atoms in total. The van der Waals surface area contributed by atoms with Gasteiger partial charge in [0.25, 0.3) is 5.91 Å². The van der Waals surface area contributed by atoms with Gasteiger partial charge in [-0.15, -0.1) is 0 Å². The highest BCUT2D eigenvalue weighted by molar-refractivity contribution is 5.86. The number of rotatable bonds is 8. The summed E-state index contributed by atoms with van der Waals surface area (Å²) in [6.45, 7) is 3.48. The van der Waals surface area contributed by atoms with Gasteiger partial charge < -0.3 is 15.4 Å². The highest BCUT2D eigenvalue weighted by atomic mass is 19.4. The Morgan fingerprint density at radius 2 is 1.48 bits per heavy atom. The predicted molar refractivity (Wildman–Crippen MR) is 108 cm³/mol. The zero-order valence-corrected chi connectivity index (χ0v) is 17.6. The van der Waals surface area contributed by atoms with Crippen molar-refractivity contribution in [1.82, 2.24) is 5.32 Å². The second-order valence-electron chi connectivity index (χ2n) is 7.51. The predicted octanol–water partition coefficient (Wildman–Crippen LogP) is 5.10. The van der Waals surface area contributed by atoms with Crippen molar-refractivity contribution in [2.24, 2.45) is 5.92 Å². The summed E-state index contributed by atoms with van der Waals surface area (Å²) in [5, 5.41) is 5.44. The molecule has 2 N–H and O–H groups in total. The van der Waals surface area contributed by atoms with Gasteiger partial charge in [-0.3, -0.25) is 4.79 Å². The summed E-state index contributed by atoms with van der Waals surface area (Å²) < 4.78 is 80.6. The van der Waals surface area contributed by atoms with E-state index in [1.165, 1.54) is 36.4 Å². The van der Waals surface area contributed by atoms with E-state index in [0.717, 1.165) is 12.1 Å². The highest BCUT2D eigenvalue weighted by Gasteiger charge is 2.43. The minimum atomic E-state index is -5.28. The average molecular weight is 476 g/mol. The molecule has 11 heteroatoms. The lowest BCUT2D eigenvalue weighted by molar-refractivity contribution is -0.205. The smallest absolute Gasteiger partial charge is 0.441 e. The van der Waals surface area contributed by atoms with Crippen molar-refractivity contribution in [3.8, 4) is 0 Å². The van der Waals surface area contributed by atoms with Crippen molar-refractivity contribution in [1.29, 1.82) is 0 Å². The van der Waals surface area contributed by atoms with E-state index in [1.54, 1.807) is 19.9 Å². The number of nitrogens with one attached hydrogen (secondary N) is 2. The third-order valence-corrected chi connectivity index (χ3v) is 4.66. The Morgan fingerprint density at radius 1 is 0.909 bits per heavy atom. The van der Waals surface area contributed by atoms with Gasteiger partial charge in [0.15, 0.2) is 0 Å². The lowest BCUT2D eigenvalue weighted by Gasteiger charge is -2.25. The number of hydrogen-bond acceptors (Lipinski definition) is 4. The van der Waals surface area contributed by atoms with Gasteiger partial charge in [0, 0.05) is 23.8 Å². The number of ether oxygens (including phenoxy) is 1. The molecule has 0 radical (unpaired) electrons. The number of alkyl halides is 6. The number of halogens is 6. The summed E-state index contributed by atoms with van der Waals surface area (Å²) in [7, 11) is 0. The van der Waals surface area contributed by atoms with Crippen LogP contribution in [0.3, 0.4) is 0 Å². The summed E-state index contributed by atoms with van der Waals surface area (Å²) in [4.78, 5) is 24.0. The zero-order chi connectivity index (χ0) is 24.8. The molecule has 180 valence electrons. The molecule has 2 aromatic rings. The van der Waals surface area contributed by atoms with Gasteiger partial charge in [-0.05, 0) is 30.2 Å². The highest BCUT2D eigenvalue weighted by Crippen LogP contribution is 2.30. The molecule has 0 saturated carbocycles. The van der Waals surface area contributed by atoms with Gasteiger partial charge in [-0.1, -0.05) is 44.2 Å². The quantitative estimate of drug-likeness (QED) is 0.411. The van der Waals surface area contributed by atoms with Gasteiger partial charge in [0.2, 0.25) is 6.10 Å². The van der Waals surface area contributed by atoms with E-state index < -0.39 is 41.9 Å². The minimum absolute atomic E-state index is 0.0457. The Balaban J connectivity index is 2.11. The summed E-state index contributed by atoms with van der Waals surface area (Å²) in [5.41, 5.74) is -0.414. The van der Waals surface area contributed by atoms with Crippen LogP contribution < -0.4 is 10.6 Å². The maximum Gasteiger partial charge on any atom is 0.490 e. The van der Waals surface area contributed by atoms with Crippen molar-refractivity contribution in [3.63, 3.8) is 0 Å². The molecule has 33 heavy (non-hydrogen) atoms. The summed E-state index contributed by atoms with van der Waals surface area (Å²) in [5.74, 6) is -3.60. The van der Waals surface area contributed by atoms with E-state index in [9.17, 15) is 35.9 Å². The molecule has 2 rings (SSSR count). The third-order valence-electron chi connectivity index (χ3n) is 4.66. The first kappa shape index (κ1) is 26.0. The Morgan fingerprint density at radius 3 is 1.97 bits per heavy atom. The molecule has 0 aliphatic carbocycles. The normalized spacial score (nSPS) is 13.8. The number of esters is 1. The van der Waals surface area contributed by atoms with Gasteiger partial charge in [-0.2, -0.15) is 26.3 Å². The van der Waals surface area contributed by atoms with Crippen LogP contribution >= 0.6 is 0 Å². The number of carbonyl (C=O) groups excluding carboxylic acids is 2. The molecule has 0 saturated heterocycles. The van der Waals surface area contributed by atoms with E-state index in [2.05, 4.69) is 15.4 Å². The molecule has 1 unspecified atom stereocenters. The molecule has 2 aromatic carbocycles. The Hall–Kier alpha value is -3.24. The van der Waals surface area contributed by atoms with E-state index in [0.29, 0.717) is 5.69 Å². The van der Waals surface area contributed by atoms with Crippen LogP contribution in [0.1, 0.15) is 31.1 Å². The number of amides is 1. The standard InChI is InChI=1S/C22H22F6N2O3/c1-13(2)17(30-16-10-8-15(9-11-16)21(23,24)25)12-29-19(31)18(14-6-4-3-5-7-14)33-20(32)22(26,27)28/h3-11,13,17-18,30H,12H2,1-2H3,(H,29,31)/t17-,18?/m1/s1. The van der Waals surface area contributed by atoms with Crippen LogP contribution in [-0.4, -0.2) is 30.6 Å². The molecule has 0 aromatic heterocycles. The fourth-order valence-corrected chi connectivity index (χ4v) is 2.80. The van der Waals surface area contributed by atoms with Crippen LogP contribution in [0.5, 0.6) is 0 Å². The second-order valence-corrected chi connectivity index (χ2v) is 7.51. The van der Waals surface area contributed by atoms with Crippen molar-refractivity contribution < 1.29 is 40.7 Å². The average Bonchev–Trinajstić information content (AvgIpc) is 2.74. The summed E-state index contributed by atoms with van der Waals surface area (Å²) >= 11 is 0. The zero-order valence-electron chi connectivity index (χ0n) is 17.6. The van der Waals surface area contributed by atoms with Crippen LogP contribution in [-0.2, 0) is 20.5 Å². The van der Waals surface area contributed by atoms with Crippen LogP contribution in [0.2, 0.25) is 0 Å². The SMILES string of the molecule is CC(C)[C@@H](CNC(=O)C(OC(=O)C(F)(F)F)c1ccccc1)Nc1ccc(C(F)(F)F)cc1. The van der Waals surface area contributed by atoms with Crippen LogP contribution in [0.4, 0.5) is 32.0 Å². The molecule has 0 fully saturated rings. The van der Waals surface area contributed by atoms with Crippen molar-refractivity contribution >= 4 is 17.6 Å². The summed E-state index contributed by atoms with van der Waals surface area (Å²) in [6.07, 6.45) is -11.6.